The number of hydrogen-bond donors (Lipinski definition) is 1. The van der Waals surface area contributed by atoms with E-state index in [1.807, 2.05) is 84.2 Å². The van der Waals surface area contributed by atoms with Gasteiger partial charge in [0.1, 0.15) is 16.9 Å². The van der Waals surface area contributed by atoms with E-state index in [9.17, 15) is 4.79 Å². The Morgan fingerprint density at radius 1 is 0.909 bits per heavy atom. The third-order valence-corrected chi connectivity index (χ3v) is 6.57. The molecule has 3 aromatic carbocycles. The second-order valence-corrected chi connectivity index (χ2v) is 8.60. The van der Waals surface area contributed by atoms with Crippen LogP contribution in [0.15, 0.2) is 88.7 Å². The predicted octanol–water partition coefficient (Wildman–Crippen LogP) is 7.12. The Kier molecular flexibility index (Phi) is 4.59. The SMILES string of the molecule is COc1cc2c(cc1NC(=O)c1cc(-c3cccs3)nc3ccccc13)oc1ccccc12. The zero-order valence-corrected chi connectivity index (χ0v) is 18.5. The number of thiophene rings is 1. The molecule has 0 saturated carbocycles. The molecule has 0 fully saturated rings. The van der Waals surface area contributed by atoms with E-state index in [0.717, 1.165) is 37.8 Å². The number of ether oxygens (including phenoxy) is 1. The molecule has 0 saturated heterocycles. The molecule has 0 aliphatic heterocycles. The molecule has 0 aliphatic carbocycles. The molecule has 6 heteroatoms. The van der Waals surface area contributed by atoms with Crippen molar-refractivity contribution in [3.63, 3.8) is 0 Å². The molecule has 3 aromatic heterocycles. The van der Waals surface area contributed by atoms with Crippen molar-refractivity contribution in [2.45, 2.75) is 0 Å². The van der Waals surface area contributed by atoms with Crippen LogP contribution >= 0.6 is 11.3 Å². The Balaban J connectivity index is 1.46. The fourth-order valence-electron chi connectivity index (χ4n) is 4.12. The zero-order chi connectivity index (χ0) is 22.4. The summed E-state index contributed by atoms with van der Waals surface area (Å²) < 4.78 is 11.6. The number of furan rings is 1. The van der Waals surface area contributed by atoms with Crippen LogP contribution in [-0.2, 0) is 0 Å². The van der Waals surface area contributed by atoms with E-state index in [0.29, 0.717) is 22.6 Å². The first kappa shape index (κ1) is 19.5. The Bertz CT molecular complexity index is 1650. The van der Waals surface area contributed by atoms with E-state index in [1.54, 1.807) is 18.4 Å². The molecular weight excluding hydrogens is 432 g/mol. The number of benzene rings is 3. The second-order valence-electron chi connectivity index (χ2n) is 7.65. The first-order valence-electron chi connectivity index (χ1n) is 10.5. The number of amides is 1. The molecule has 1 amide bonds. The minimum absolute atomic E-state index is 0.236. The van der Waals surface area contributed by atoms with E-state index in [2.05, 4.69) is 5.32 Å². The molecule has 33 heavy (non-hydrogen) atoms. The van der Waals surface area contributed by atoms with Gasteiger partial charge >= 0.3 is 0 Å². The molecule has 0 unspecified atom stereocenters. The summed E-state index contributed by atoms with van der Waals surface area (Å²) in [4.78, 5) is 19.3. The molecule has 0 radical (unpaired) electrons. The third-order valence-electron chi connectivity index (χ3n) is 5.68. The molecule has 3 heterocycles. The summed E-state index contributed by atoms with van der Waals surface area (Å²) >= 11 is 1.59. The lowest BCUT2D eigenvalue weighted by Crippen LogP contribution is -2.13. The third kappa shape index (κ3) is 3.32. The molecule has 0 spiro atoms. The van der Waals surface area contributed by atoms with Crippen molar-refractivity contribution in [1.82, 2.24) is 4.98 Å². The first-order chi connectivity index (χ1) is 16.2. The topological polar surface area (TPSA) is 64.4 Å². The van der Waals surface area contributed by atoms with Gasteiger partial charge in [-0.3, -0.25) is 4.79 Å². The molecule has 0 atom stereocenters. The van der Waals surface area contributed by atoms with Gasteiger partial charge in [0.05, 0.1) is 34.4 Å². The van der Waals surface area contributed by atoms with Crippen LogP contribution in [0.5, 0.6) is 5.75 Å². The molecule has 0 aliphatic rings. The summed E-state index contributed by atoms with van der Waals surface area (Å²) in [5, 5.41) is 7.76. The van der Waals surface area contributed by atoms with Crippen molar-refractivity contribution in [2.24, 2.45) is 0 Å². The molecular formula is C27H18N2O3S. The van der Waals surface area contributed by atoms with Crippen molar-refractivity contribution >= 4 is 55.8 Å². The highest BCUT2D eigenvalue weighted by Crippen LogP contribution is 2.37. The van der Waals surface area contributed by atoms with Crippen LogP contribution in [0.1, 0.15) is 10.4 Å². The molecule has 160 valence electrons. The summed E-state index contributed by atoms with van der Waals surface area (Å²) in [6, 6.07) is 25.0. The number of carbonyl (C=O) groups is 1. The van der Waals surface area contributed by atoms with Crippen LogP contribution in [0.2, 0.25) is 0 Å². The van der Waals surface area contributed by atoms with Crippen LogP contribution in [-0.4, -0.2) is 18.0 Å². The Morgan fingerprint density at radius 3 is 2.55 bits per heavy atom. The van der Waals surface area contributed by atoms with Gasteiger partial charge < -0.3 is 14.5 Å². The highest BCUT2D eigenvalue weighted by atomic mass is 32.1. The standard InChI is InChI=1S/C27H18N2O3S/c1-31-25-14-18-17-8-3-5-10-23(17)32-24(18)15-21(25)29-27(30)19-13-22(26-11-6-12-33-26)28-20-9-4-2-7-16(19)20/h2-15H,1H3,(H,29,30). The number of fused-ring (bicyclic) bond motifs is 4. The van der Waals surface area contributed by atoms with E-state index in [1.165, 1.54) is 0 Å². The van der Waals surface area contributed by atoms with E-state index in [-0.39, 0.29) is 5.91 Å². The predicted molar refractivity (Wildman–Crippen MR) is 133 cm³/mol. The van der Waals surface area contributed by atoms with Crippen molar-refractivity contribution in [3.8, 4) is 16.3 Å². The monoisotopic (exact) mass is 450 g/mol. The number of hydrogen-bond acceptors (Lipinski definition) is 5. The summed E-state index contributed by atoms with van der Waals surface area (Å²) in [6.45, 7) is 0. The number of methoxy groups -OCH3 is 1. The molecule has 1 N–H and O–H groups in total. The number of rotatable bonds is 4. The Labute approximate surface area is 193 Å². The number of carbonyl (C=O) groups excluding carboxylic acids is 1. The molecule has 6 aromatic rings. The van der Waals surface area contributed by atoms with Crippen LogP contribution < -0.4 is 10.1 Å². The van der Waals surface area contributed by atoms with Gasteiger partial charge in [-0.25, -0.2) is 4.98 Å². The average Bonchev–Trinajstić information content (AvgIpc) is 3.51. The van der Waals surface area contributed by atoms with Crippen molar-refractivity contribution in [3.05, 3.63) is 89.8 Å². The molecule has 6 rings (SSSR count). The fraction of sp³-hybridized carbons (Fsp3) is 0.0370. The summed E-state index contributed by atoms with van der Waals surface area (Å²) in [5.41, 5.74) is 4.12. The number of aromatic nitrogens is 1. The van der Waals surface area contributed by atoms with Crippen LogP contribution in [0.4, 0.5) is 5.69 Å². The van der Waals surface area contributed by atoms with Gasteiger partial charge in [-0.2, -0.15) is 0 Å². The second kappa shape index (κ2) is 7.76. The van der Waals surface area contributed by atoms with Gasteiger partial charge in [0.25, 0.3) is 5.91 Å². The highest BCUT2D eigenvalue weighted by Gasteiger charge is 2.18. The maximum atomic E-state index is 13.5. The number of para-hydroxylation sites is 2. The highest BCUT2D eigenvalue weighted by molar-refractivity contribution is 7.13. The Morgan fingerprint density at radius 2 is 1.73 bits per heavy atom. The van der Waals surface area contributed by atoms with Gasteiger partial charge in [-0.1, -0.05) is 42.5 Å². The number of nitrogens with zero attached hydrogens (tertiary/aromatic N) is 1. The fourth-order valence-corrected chi connectivity index (χ4v) is 4.81. The normalized spacial score (nSPS) is 11.3. The number of anilines is 1. The first-order valence-corrected chi connectivity index (χ1v) is 11.3. The van der Waals surface area contributed by atoms with Gasteiger partial charge in [0.15, 0.2) is 0 Å². The molecule has 5 nitrogen and oxygen atoms in total. The largest absolute Gasteiger partial charge is 0.495 e. The van der Waals surface area contributed by atoms with Crippen molar-refractivity contribution in [2.75, 3.05) is 12.4 Å². The number of pyridine rings is 1. The van der Waals surface area contributed by atoms with Crippen molar-refractivity contribution in [1.29, 1.82) is 0 Å². The lowest BCUT2D eigenvalue weighted by Gasteiger charge is -2.12. The maximum absolute atomic E-state index is 13.5. The van der Waals surface area contributed by atoms with E-state index < -0.39 is 0 Å². The minimum atomic E-state index is -0.236. The van der Waals surface area contributed by atoms with Gasteiger partial charge in [-0.05, 0) is 35.7 Å². The Hall–Kier alpha value is -4.16. The summed E-state index contributed by atoms with van der Waals surface area (Å²) in [7, 11) is 1.59. The summed E-state index contributed by atoms with van der Waals surface area (Å²) in [6.07, 6.45) is 0. The van der Waals surface area contributed by atoms with Crippen molar-refractivity contribution < 1.29 is 13.9 Å². The van der Waals surface area contributed by atoms with E-state index in [4.69, 9.17) is 14.1 Å². The van der Waals surface area contributed by atoms with Gasteiger partial charge in [0.2, 0.25) is 0 Å². The quantitative estimate of drug-likeness (QED) is 0.310. The van der Waals surface area contributed by atoms with E-state index >= 15 is 0 Å². The lowest BCUT2D eigenvalue weighted by molar-refractivity contribution is 0.102. The van der Waals surface area contributed by atoms with Crippen LogP contribution in [0.3, 0.4) is 0 Å². The zero-order valence-electron chi connectivity index (χ0n) is 17.7. The van der Waals surface area contributed by atoms with Crippen LogP contribution in [0.25, 0.3) is 43.4 Å². The average molecular weight is 451 g/mol. The van der Waals surface area contributed by atoms with Gasteiger partial charge in [0, 0.05) is 22.2 Å². The maximum Gasteiger partial charge on any atom is 0.256 e. The molecule has 0 bridgehead atoms. The minimum Gasteiger partial charge on any atom is -0.495 e. The smallest absolute Gasteiger partial charge is 0.256 e. The van der Waals surface area contributed by atoms with Crippen LogP contribution in [0, 0.1) is 0 Å². The lowest BCUT2D eigenvalue weighted by atomic mass is 10.1. The summed E-state index contributed by atoms with van der Waals surface area (Å²) in [5.74, 6) is 0.333. The van der Waals surface area contributed by atoms with Gasteiger partial charge in [-0.15, -0.1) is 11.3 Å². The number of nitrogens with one attached hydrogen (secondary N) is 1.